The van der Waals surface area contributed by atoms with Gasteiger partial charge in [0.25, 0.3) is 0 Å². The summed E-state index contributed by atoms with van der Waals surface area (Å²) in [5.74, 6) is -2.64. The topological polar surface area (TPSA) is 93.7 Å². The molecule has 1 unspecified atom stereocenters. The molecule has 2 N–H and O–H groups in total. The lowest BCUT2D eigenvalue weighted by Gasteiger charge is -2.24. The first-order valence-corrected chi connectivity index (χ1v) is 9.61. The monoisotopic (exact) mass is 392 g/mol. The molecule has 0 fully saturated rings. The van der Waals surface area contributed by atoms with Gasteiger partial charge in [0.1, 0.15) is 0 Å². The van der Waals surface area contributed by atoms with Gasteiger partial charge in [-0.2, -0.15) is 0 Å². The minimum Gasteiger partial charge on any atom is -0.465 e. The standard InChI is InChI=1S/C19H24N2O5S/c1-4-25-17(22)16(18(23)26-5-2)14-11-15(12(3)20-19(24)21-14)27-13-9-7-6-8-10-13/h6-10,14,16H,4-5,11H2,1-3H3,(H2,20,21,24). The predicted molar refractivity (Wildman–Crippen MR) is 102 cm³/mol. The maximum atomic E-state index is 12.4. The molecule has 0 saturated heterocycles. The van der Waals surface area contributed by atoms with Gasteiger partial charge in [0.2, 0.25) is 0 Å². The van der Waals surface area contributed by atoms with Gasteiger partial charge in [0.15, 0.2) is 5.92 Å². The molecule has 2 amide bonds. The normalized spacial score (nSPS) is 17.0. The molecule has 146 valence electrons. The molecule has 0 spiro atoms. The molecule has 0 bridgehead atoms. The molecule has 1 atom stereocenters. The summed E-state index contributed by atoms with van der Waals surface area (Å²) in [6, 6.07) is 8.42. The molecule has 7 nitrogen and oxygen atoms in total. The third-order valence-electron chi connectivity index (χ3n) is 3.91. The van der Waals surface area contributed by atoms with Crippen LogP contribution in [0.2, 0.25) is 0 Å². The number of carbonyl (C=O) groups excluding carboxylic acids is 3. The highest BCUT2D eigenvalue weighted by atomic mass is 32.2. The lowest BCUT2D eigenvalue weighted by molar-refractivity contribution is -0.162. The van der Waals surface area contributed by atoms with Gasteiger partial charge in [-0.1, -0.05) is 30.0 Å². The van der Waals surface area contributed by atoms with Crippen LogP contribution in [0.1, 0.15) is 27.2 Å². The number of hydrogen-bond donors (Lipinski definition) is 2. The van der Waals surface area contributed by atoms with E-state index in [4.69, 9.17) is 9.47 Å². The lowest BCUT2D eigenvalue weighted by Crippen LogP contribution is -2.49. The highest BCUT2D eigenvalue weighted by molar-refractivity contribution is 8.03. The molecule has 27 heavy (non-hydrogen) atoms. The molecule has 1 aromatic rings. The van der Waals surface area contributed by atoms with E-state index in [0.717, 1.165) is 9.80 Å². The van der Waals surface area contributed by atoms with Crippen molar-refractivity contribution in [3.05, 3.63) is 40.9 Å². The van der Waals surface area contributed by atoms with Crippen molar-refractivity contribution in [1.82, 2.24) is 10.6 Å². The number of nitrogens with one attached hydrogen (secondary N) is 2. The summed E-state index contributed by atoms with van der Waals surface area (Å²) in [7, 11) is 0. The van der Waals surface area contributed by atoms with E-state index in [1.807, 2.05) is 30.3 Å². The minimum absolute atomic E-state index is 0.133. The van der Waals surface area contributed by atoms with E-state index in [9.17, 15) is 14.4 Å². The van der Waals surface area contributed by atoms with E-state index in [2.05, 4.69) is 10.6 Å². The van der Waals surface area contributed by atoms with Crippen molar-refractivity contribution in [3.8, 4) is 0 Å². The number of ether oxygens (including phenoxy) is 2. The second kappa shape index (κ2) is 10.0. The van der Waals surface area contributed by atoms with Crippen molar-refractivity contribution in [1.29, 1.82) is 0 Å². The van der Waals surface area contributed by atoms with Crippen LogP contribution >= 0.6 is 11.8 Å². The van der Waals surface area contributed by atoms with Crippen LogP contribution in [0.15, 0.2) is 45.8 Å². The number of allylic oxidation sites excluding steroid dienone is 1. The SMILES string of the molecule is CCOC(=O)C(C(=O)OCC)C1CC(Sc2ccccc2)=C(C)NC(=O)N1. The van der Waals surface area contributed by atoms with Crippen LogP contribution in [0.4, 0.5) is 4.79 Å². The molecule has 1 aliphatic heterocycles. The summed E-state index contributed by atoms with van der Waals surface area (Å²) in [5.41, 5.74) is 0.676. The summed E-state index contributed by atoms with van der Waals surface area (Å²) in [6.07, 6.45) is 0.298. The van der Waals surface area contributed by atoms with E-state index in [-0.39, 0.29) is 13.2 Å². The summed E-state index contributed by atoms with van der Waals surface area (Å²) in [4.78, 5) is 38.9. The smallest absolute Gasteiger partial charge is 0.322 e. The van der Waals surface area contributed by atoms with Crippen LogP contribution in [0.25, 0.3) is 0 Å². The van der Waals surface area contributed by atoms with E-state index >= 15 is 0 Å². The van der Waals surface area contributed by atoms with Gasteiger partial charge < -0.3 is 20.1 Å². The van der Waals surface area contributed by atoms with Gasteiger partial charge in [-0.3, -0.25) is 9.59 Å². The Bertz CT molecular complexity index is 702. The van der Waals surface area contributed by atoms with Crippen LogP contribution in [0, 0.1) is 5.92 Å². The molecule has 0 aliphatic carbocycles. The van der Waals surface area contributed by atoms with Crippen LogP contribution < -0.4 is 10.6 Å². The summed E-state index contributed by atoms with van der Waals surface area (Å²) in [6.45, 7) is 5.38. The number of esters is 2. The fourth-order valence-corrected chi connectivity index (χ4v) is 3.73. The number of hydrogen-bond acceptors (Lipinski definition) is 6. The molecule has 0 saturated carbocycles. The molecular formula is C19H24N2O5S. The van der Waals surface area contributed by atoms with Gasteiger partial charge in [-0.05, 0) is 32.9 Å². The molecule has 0 radical (unpaired) electrons. The molecule has 0 aromatic heterocycles. The van der Waals surface area contributed by atoms with Gasteiger partial charge in [-0.25, -0.2) is 4.79 Å². The van der Waals surface area contributed by atoms with Crippen LogP contribution in [-0.2, 0) is 19.1 Å². The van der Waals surface area contributed by atoms with Gasteiger partial charge in [-0.15, -0.1) is 0 Å². The maximum Gasteiger partial charge on any atom is 0.322 e. The van der Waals surface area contributed by atoms with Crippen molar-refractivity contribution in [2.75, 3.05) is 13.2 Å². The number of rotatable bonds is 7. The number of thioether (sulfide) groups is 1. The summed E-state index contributed by atoms with van der Waals surface area (Å²) >= 11 is 1.48. The summed E-state index contributed by atoms with van der Waals surface area (Å²) in [5, 5.41) is 5.44. The van der Waals surface area contributed by atoms with Crippen LogP contribution in [-0.4, -0.2) is 37.2 Å². The summed E-state index contributed by atoms with van der Waals surface area (Å²) < 4.78 is 10.1. The van der Waals surface area contributed by atoms with E-state index in [0.29, 0.717) is 12.1 Å². The van der Waals surface area contributed by atoms with Gasteiger partial charge in [0, 0.05) is 21.9 Å². The Balaban J connectivity index is 2.31. The number of benzene rings is 1. The Kier molecular flexibility index (Phi) is 7.72. The molecule has 1 aliphatic rings. The van der Waals surface area contributed by atoms with E-state index in [1.165, 1.54) is 11.8 Å². The van der Waals surface area contributed by atoms with Crippen molar-refractivity contribution >= 4 is 29.7 Å². The average Bonchev–Trinajstić information content (AvgIpc) is 2.75. The Morgan fingerprint density at radius 2 is 1.74 bits per heavy atom. The molecule has 8 heteroatoms. The predicted octanol–water partition coefficient (Wildman–Crippen LogP) is 2.82. The third kappa shape index (κ3) is 5.75. The Hall–Kier alpha value is -2.48. The zero-order valence-electron chi connectivity index (χ0n) is 15.6. The third-order valence-corrected chi connectivity index (χ3v) is 5.14. The first kappa shape index (κ1) is 20.8. The van der Waals surface area contributed by atoms with Crippen molar-refractivity contribution in [2.24, 2.45) is 5.92 Å². The molecule has 1 heterocycles. The first-order valence-electron chi connectivity index (χ1n) is 8.79. The zero-order chi connectivity index (χ0) is 19.8. The van der Waals surface area contributed by atoms with E-state index in [1.54, 1.807) is 20.8 Å². The van der Waals surface area contributed by atoms with Crippen molar-refractivity contribution < 1.29 is 23.9 Å². The van der Waals surface area contributed by atoms with E-state index < -0.39 is 29.9 Å². The largest absolute Gasteiger partial charge is 0.465 e. The Morgan fingerprint density at radius 3 is 2.30 bits per heavy atom. The number of amides is 2. The molecule has 1 aromatic carbocycles. The fraction of sp³-hybridized carbons (Fsp3) is 0.421. The number of carbonyl (C=O) groups is 3. The van der Waals surface area contributed by atoms with Crippen LogP contribution in [0.3, 0.4) is 0 Å². The highest BCUT2D eigenvalue weighted by Crippen LogP contribution is 2.34. The molecule has 2 rings (SSSR count). The van der Waals surface area contributed by atoms with Gasteiger partial charge >= 0.3 is 18.0 Å². The van der Waals surface area contributed by atoms with Crippen molar-refractivity contribution in [2.45, 2.75) is 38.1 Å². The van der Waals surface area contributed by atoms with Crippen molar-refractivity contribution in [3.63, 3.8) is 0 Å². The second-order valence-electron chi connectivity index (χ2n) is 5.85. The average molecular weight is 392 g/mol. The lowest BCUT2D eigenvalue weighted by atomic mass is 9.96. The Morgan fingerprint density at radius 1 is 1.15 bits per heavy atom. The second-order valence-corrected chi connectivity index (χ2v) is 7.02. The first-order chi connectivity index (χ1) is 13.0. The Labute approximate surface area is 162 Å². The fourth-order valence-electron chi connectivity index (χ4n) is 2.69. The minimum atomic E-state index is -1.23. The van der Waals surface area contributed by atoms with Crippen LogP contribution in [0.5, 0.6) is 0 Å². The quantitative estimate of drug-likeness (QED) is 0.547. The zero-order valence-corrected chi connectivity index (χ0v) is 16.4. The number of urea groups is 1. The van der Waals surface area contributed by atoms with Gasteiger partial charge in [0.05, 0.1) is 19.3 Å². The maximum absolute atomic E-state index is 12.4. The molecular weight excluding hydrogens is 368 g/mol. The highest BCUT2D eigenvalue weighted by Gasteiger charge is 2.40.